The first kappa shape index (κ1) is 17.7. The minimum atomic E-state index is -0.608. The van der Waals surface area contributed by atoms with Crippen LogP contribution in [0.3, 0.4) is 0 Å². The monoisotopic (exact) mass is 350 g/mol. The zero-order chi connectivity index (χ0) is 18.5. The number of nitrogens with zero attached hydrogens (tertiary/aromatic N) is 2. The third-order valence-corrected chi connectivity index (χ3v) is 4.38. The van der Waals surface area contributed by atoms with Gasteiger partial charge in [0, 0.05) is 13.1 Å². The van der Waals surface area contributed by atoms with Crippen LogP contribution in [0.4, 0.5) is 4.39 Å². The molecular formula is C21H19FN2O2. The second kappa shape index (κ2) is 7.83. The largest absolute Gasteiger partial charge is 0.481 e. The lowest BCUT2D eigenvalue weighted by molar-refractivity contribution is -0.137. The van der Waals surface area contributed by atoms with E-state index in [2.05, 4.69) is 0 Å². The van der Waals surface area contributed by atoms with E-state index in [4.69, 9.17) is 10.00 Å². The number of carbonyl (C=O) groups is 1. The lowest BCUT2D eigenvalue weighted by atomic mass is 9.99. The standard InChI is InChI=1S/C21H19FN2O2/c1-15(26-20-8-2-16(14-23)3-9-20)21(25)24-12-10-18(11-13-24)17-4-6-19(22)7-5-17/h2-10,15H,11-13H2,1H3/t15-/m1/s1. The first-order chi connectivity index (χ1) is 12.6. The van der Waals surface area contributed by atoms with E-state index in [9.17, 15) is 9.18 Å². The summed E-state index contributed by atoms with van der Waals surface area (Å²) in [4.78, 5) is 14.3. The van der Waals surface area contributed by atoms with Crippen LogP contribution in [0.1, 0.15) is 24.5 Å². The molecule has 3 rings (SSSR count). The van der Waals surface area contributed by atoms with Crippen molar-refractivity contribution in [3.63, 3.8) is 0 Å². The number of hydrogen-bond acceptors (Lipinski definition) is 3. The van der Waals surface area contributed by atoms with Crippen LogP contribution in [-0.2, 0) is 4.79 Å². The fraction of sp³-hybridized carbons (Fsp3) is 0.238. The Hall–Kier alpha value is -3.13. The molecule has 1 heterocycles. The lowest BCUT2D eigenvalue weighted by Crippen LogP contribution is -2.42. The molecule has 0 saturated carbocycles. The number of benzene rings is 2. The number of amides is 1. The molecule has 0 bridgehead atoms. The Balaban J connectivity index is 1.60. The molecule has 2 aromatic rings. The number of halogens is 1. The molecule has 1 aliphatic heterocycles. The van der Waals surface area contributed by atoms with E-state index >= 15 is 0 Å². The third kappa shape index (κ3) is 4.09. The molecule has 1 amide bonds. The highest BCUT2D eigenvalue weighted by atomic mass is 19.1. The van der Waals surface area contributed by atoms with E-state index in [-0.39, 0.29) is 11.7 Å². The molecule has 0 unspecified atom stereocenters. The Bertz CT molecular complexity index is 851. The van der Waals surface area contributed by atoms with Gasteiger partial charge in [0.2, 0.25) is 0 Å². The van der Waals surface area contributed by atoms with Gasteiger partial charge in [0.15, 0.2) is 6.10 Å². The van der Waals surface area contributed by atoms with E-state index in [0.29, 0.717) is 24.4 Å². The molecule has 0 radical (unpaired) electrons. The molecule has 26 heavy (non-hydrogen) atoms. The number of ether oxygens (including phenoxy) is 1. The molecule has 0 aromatic heterocycles. The van der Waals surface area contributed by atoms with Gasteiger partial charge < -0.3 is 9.64 Å². The molecule has 0 fully saturated rings. The predicted molar refractivity (Wildman–Crippen MR) is 96.8 cm³/mol. The van der Waals surface area contributed by atoms with Crippen molar-refractivity contribution in [3.05, 3.63) is 71.6 Å². The van der Waals surface area contributed by atoms with E-state index < -0.39 is 6.10 Å². The van der Waals surface area contributed by atoms with Crippen molar-refractivity contribution in [2.75, 3.05) is 13.1 Å². The molecule has 0 saturated heterocycles. The fourth-order valence-electron chi connectivity index (χ4n) is 2.92. The summed E-state index contributed by atoms with van der Waals surface area (Å²) in [6.07, 6.45) is 2.12. The zero-order valence-electron chi connectivity index (χ0n) is 14.5. The Labute approximate surface area is 152 Å². The molecule has 4 nitrogen and oxygen atoms in total. The van der Waals surface area contributed by atoms with Crippen LogP contribution in [-0.4, -0.2) is 30.0 Å². The van der Waals surface area contributed by atoms with Crippen molar-refractivity contribution in [1.82, 2.24) is 4.90 Å². The highest BCUT2D eigenvalue weighted by Gasteiger charge is 2.24. The quantitative estimate of drug-likeness (QED) is 0.843. The smallest absolute Gasteiger partial charge is 0.263 e. The van der Waals surface area contributed by atoms with E-state index in [1.165, 1.54) is 12.1 Å². The summed E-state index contributed by atoms with van der Waals surface area (Å²) in [6.45, 7) is 2.83. The average Bonchev–Trinajstić information content (AvgIpc) is 2.69. The summed E-state index contributed by atoms with van der Waals surface area (Å²) in [5.74, 6) is 0.226. The molecule has 0 aliphatic carbocycles. The first-order valence-electron chi connectivity index (χ1n) is 8.47. The van der Waals surface area contributed by atoms with Crippen LogP contribution in [0.2, 0.25) is 0 Å². The topological polar surface area (TPSA) is 53.3 Å². The molecule has 1 atom stereocenters. The molecule has 0 spiro atoms. The maximum Gasteiger partial charge on any atom is 0.263 e. The van der Waals surface area contributed by atoms with Crippen LogP contribution >= 0.6 is 0 Å². The number of hydrogen-bond donors (Lipinski definition) is 0. The Morgan fingerprint density at radius 2 is 1.88 bits per heavy atom. The van der Waals surface area contributed by atoms with E-state index in [1.54, 1.807) is 48.2 Å². The molecule has 5 heteroatoms. The number of carbonyl (C=O) groups excluding carboxylic acids is 1. The Kier molecular flexibility index (Phi) is 5.33. The molecule has 132 valence electrons. The fourth-order valence-corrected chi connectivity index (χ4v) is 2.92. The number of nitriles is 1. The second-order valence-corrected chi connectivity index (χ2v) is 6.17. The van der Waals surface area contributed by atoms with Gasteiger partial charge in [-0.25, -0.2) is 4.39 Å². The summed E-state index contributed by atoms with van der Waals surface area (Å²) in [6, 6.07) is 15.1. The summed E-state index contributed by atoms with van der Waals surface area (Å²) in [5.41, 5.74) is 2.65. The summed E-state index contributed by atoms with van der Waals surface area (Å²) in [7, 11) is 0. The SMILES string of the molecule is C[C@@H](Oc1ccc(C#N)cc1)C(=O)N1CC=C(c2ccc(F)cc2)CC1. The van der Waals surface area contributed by atoms with Gasteiger partial charge in [-0.2, -0.15) is 5.26 Å². The second-order valence-electron chi connectivity index (χ2n) is 6.17. The van der Waals surface area contributed by atoms with Crippen LogP contribution in [0.15, 0.2) is 54.6 Å². The minimum absolute atomic E-state index is 0.0798. The van der Waals surface area contributed by atoms with Crippen LogP contribution in [0.5, 0.6) is 5.75 Å². The highest BCUT2D eigenvalue weighted by molar-refractivity contribution is 5.82. The maximum atomic E-state index is 13.0. The molecular weight excluding hydrogens is 331 g/mol. The van der Waals surface area contributed by atoms with Crippen LogP contribution in [0.25, 0.3) is 5.57 Å². The van der Waals surface area contributed by atoms with Crippen molar-refractivity contribution in [1.29, 1.82) is 5.26 Å². The maximum absolute atomic E-state index is 13.0. The van der Waals surface area contributed by atoms with Crippen molar-refractivity contribution < 1.29 is 13.9 Å². The van der Waals surface area contributed by atoms with Crippen LogP contribution < -0.4 is 4.74 Å². The van der Waals surface area contributed by atoms with E-state index in [1.807, 2.05) is 12.1 Å². The highest BCUT2D eigenvalue weighted by Crippen LogP contribution is 2.23. The van der Waals surface area contributed by atoms with Crippen molar-refractivity contribution in [2.24, 2.45) is 0 Å². The van der Waals surface area contributed by atoms with Gasteiger partial charge in [0.05, 0.1) is 11.6 Å². The summed E-state index contributed by atoms with van der Waals surface area (Å²) >= 11 is 0. The molecule has 1 aliphatic rings. The zero-order valence-corrected chi connectivity index (χ0v) is 14.5. The first-order valence-corrected chi connectivity index (χ1v) is 8.47. The van der Waals surface area contributed by atoms with Gasteiger partial charge in [-0.1, -0.05) is 18.2 Å². The van der Waals surface area contributed by atoms with Gasteiger partial charge in [0.25, 0.3) is 5.91 Å². The predicted octanol–water partition coefficient (Wildman–Crippen LogP) is 3.78. The molecule has 2 aromatic carbocycles. The summed E-state index contributed by atoms with van der Waals surface area (Å²) < 4.78 is 18.7. The van der Waals surface area contributed by atoms with E-state index in [0.717, 1.165) is 17.6 Å². The van der Waals surface area contributed by atoms with Gasteiger partial charge in [-0.05, 0) is 60.9 Å². The Morgan fingerprint density at radius 1 is 1.19 bits per heavy atom. The third-order valence-electron chi connectivity index (χ3n) is 4.38. The molecule has 0 N–H and O–H groups in total. The summed E-state index contributed by atoms with van der Waals surface area (Å²) in [5, 5.41) is 8.81. The minimum Gasteiger partial charge on any atom is -0.481 e. The lowest BCUT2D eigenvalue weighted by Gasteiger charge is -2.29. The van der Waals surface area contributed by atoms with Crippen LogP contribution in [0, 0.1) is 17.1 Å². The van der Waals surface area contributed by atoms with Crippen molar-refractivity contribution >= 4 is 11.5 Å². The van der Waals surface area contributed by atoms with Gasteiger partial charge >= 0.3 is 0 Å². The average molecular weight is 350 g/mol. The van der Waals surface area contributed by atoms with Crippen molar-refractivity contribution in [2.45, 2.75) is 19.4 Å². The van der Waals surface area contributed by atoms with Gasteiger partial charge in [-0.15, -0.1) is 0 Å². The van der Waals surface area contributed by atoms with Gasteiger partial charge in [0.1, 0.15) is 11.6 Å². The number of rotatable bonds is 4. The normalized spacial score (nSPS) is 15.0. The van der Waals surface area contributed by atoms with Crippen molar-refractivity contribution in [3.8, 4) is 11.8 Å². The Morgan fingerprint density at radius 3 is 2.46 bits per heavy atom. The van der Waals surface area contributed by atoms with Gasteiger partial charge in [-0.3, -0.25) is 4.79 Å².